The highest BCUT2D eigenvalue weighted by atomic mass is 16.5. The maximum Gasteiger partial charge on any atom is 0.289 e. The number of benzene rings is 2. The van der Waals surface area contributed by atoms with Gasteiger partial charge in [-0.25, -0.2) is 10.4 Å². The van der Waals surface area contributed by atoms with Gasteiger partial charge < -0.3 is 9.64 Å². The summed E-state index contributed by atoms with van der Waals surface area (Å²) in [5, 5.41) is 5.04. The molecule has 0 radical (unpaired) electrons. The van der Waals surface area contributed by atoms with Gasteiger partial charge in [0.1, 0.15) is 5.69 Å². The summed E-state index contributed by atoms with van der Waals surface area (Å²) in [7, 11) is 0. The van der Waals surface area contributed by atoms with Crippen LogP contribution in [0.2, 0.25) is 0 Å². The van der Waals surface area contributed by atoms with Gasteiger partial charge in [-0.3, -0.25) is 4.79 Å². The van der Waals surface area contributed by atoms with Crippen LogP contribution in [0.1, 0.15) is 16.1 Å². The molecule has 0 unspecified atom stereocenters. The monoisotopic (exact) mass is 360 g/mol. The van der Waals surface area contributed by atoms with Crippen LogP contribution in [-0.4, -0.2) is 43.4 Å². The predicted molar refractivity (Wildman–Crippen MR) is 106 cm³/mol. The molecule has 2 aromatic carbocycles. The molecule has 1 amide bonds. The summed E-state index contributed by atoms with van der Waals surface area (Å²) >= 11 is 0. The number of rotatable bonds is 4. The first kappa shape index (κ1) is 17.2. The average Bonchev–Trinajstić information content (AvgIpc) is 2.74. The van der Waals surface area contributed by atoms with E-state index < -0.39 is 0 Å². The minimum atomic E-state index is -0.332. The van der Waals surface area contributed by atoms with E-state index in [9.17, 15) is 4.79 Å². The average molecular weight is 360 g/mol. The lowest BCUT2D eigenvalue weighted by molar-refractivity contribution is 0.0950. The molecule has 0 bridgehead atoms. The number of hydrogen-bond donors (Lipinski definition) is 1. The minimum absolute atomic E-state index is 0.332. The molecule has 0 spiro atoms. The Morgan fingerprint density at radius 3 is 2.63 bits per heavy atom. The second-order valence-corrected chi connectivity index (χ2v) is 6.28. The highest BCUT2D eigenvalue weighted by Gasteiger charge is 2.10. The topological polar surface area (TPSA) is 66.8 Å². The van der Waals surface area contributed by atoms with Gasteiger partial charge >= 0.3 is 0 Å². The zero-order valence-electron chi connectivity index (χ0n) is 14.8. The second kappa shape index (κ2) is 7.97. The number of ether oxygens (including phenoxy) is 1. The molecule has 0 aliphatic carbocycles. The van der Waals surface area contributed by atoms with E-state index in [-0.39, 0.29) is 5.91 Å². The Bertz CT molecular complexity index is 963. The van der Waals surface area contributed by atoms with E-state index in [1.165, 1.54) is 5.69 Å². The summed E-state index contributed by atoms with van der Waals surface area (Å²) < 4.78 is 5.37. The normalized spacial score (nSPS) is 14.6. The molecule has 6 nitrogen and oxygen atoms in total. The Hall–Kier alpha value is -3.25. The Kier molecular flexibility index (Phi) is 5.07. The molecular formula is C21H20N4O2. The van der Waals surface area contributed by atoms with Crippen LogP contribution in [-0.2, 0) is 4.74 Å². The van der Waals surface area contributed by atoms with Gasteiger partial charge in [0.15, 0.2) is 0 Å². The Labute approximate surface area is 157 Å². The van der Waals surface area contributed by atoms with E-state index in [0.29, 0.717) is 5.69 Å². The predicted octanol–water partition coefficient (Wildman–Crippen LogP) is 2.84. The SMILES string of the molecule is O=C(NN=Cc1ccc(N2CCOCC2)cc1)c1ccc2ccccc2n1. The first-order chi connectivity index (χ1) is 13.3. The Balaban J connectivity index is 1.38. The van der Waals surface area contributed by atoms with Crippen molar-refractivity contribution in [2.45, 2.75) is 0 Å². The lowest BCUT2D eigenvalue weighted by atomic mass is 10.2. The van der Waals surface area contributed by atoms with Gasteiger partial charge in [0.05, 0.1) is 24.9 Å². The van der Waals surface area contributed by atoms with Gasteiger partial charge in [-0.05, 0) is 29.8 Å². The van der Waals surface area contributed by atoms with Crippen LogP contribution >= 0.6 is 0 Å². The quantitative estimate of drug-likeness (QED) is 0.574. The number of nitrogens with one attached hydrogen (secondary N) is 1. The molecule has 136 valence electrons. The number of amides is 1. The van der Waals surface area contributed by atoms with Crippen molar-refractivity contribution in [2.75, 3.05) is 31.2 Å². The van der Waals surface area contributed by atoms with Crippen LogP contribution in [0, 0.1) is 0 Å². The minimum Gasteiger partial charge on any atom is -0.378 e. The van der Waals surface area contributed by atoms with Gasteiger partial charge in [0.2, 0.25) is 0 Å². The van der Waals surface area contributed by atoms with Crippen molar-refractivity contribution in [2.24, 2.45) is 5.10 Å². The molecule has 1 saturated heterocycles. The third-order valence-electron chi connectivity index (χ3n) is 4.48. The van der Waals surface area contributed by atoms with Gasteiger partial charge in [0.25, 0.3) is 5.91 Å². The molecule has 2 heterocycles. The third-order valence-corrected chi connectivity index (χ3v) is 4.48. The maximum absolute atomic E-state index is 12.2. The van der Waals surface area contributed by atoms with Gasteiger partial charge in [-0.15, -0.1) is 0 Å². The van der Waals surface area contributed by atoms with Crippen molar-refractivity contribution in [1.29, 1.82) is 0 Å². The van der Waals surface area contributed by atoms with Crippen LogP contribution in [0.15, 0.2) is 65.8 Å². The number of morpholine rings is 1. The first-order valence-electron chi connectivity index (χ1n) is 8.91. The molecule has 1 fully saturated rings. The van der Waals surface area contributed by atoms with Crippen molar-refractivity contribution in [3.05, 3.63) is 71.9 Å². The summed E-state index contributed by atoms with van der Waals surface area (Å²) in [5.74, 6) is -0.332. The van der Waals surface area contributed by atoms with Gasteiger partial charge in [0, 0.05) is 24.2 Å². The standard InChI is InChI=1S/C21H20N4O2/c26-21(20-10-7-17-3-1-2-4-19(17)23-20)24-22-15-16-5-8-18(9-6-16)25-11-13-27-14-12-25/h1-10,15H,11-14H2,(H,24,26). The summed E-state index contributed by atoms with van der Waals surface area (Å²) in [6, 6.07) is 19.3. The van der Waals surface area contributed by atoms with Gasteiger partial charge in [-0.1, -0.05) is 36.4 Å². The van der Waals surface area contributed by atoms with Crippen LogP contribution < -0.4 is 10.3 Å². The Morgan fingerprint density at radius 1 is 1.04 bits per heavy atom. The first-order valence-corrected chi connectivity index (χ1v) is 8.91. The number of carbonyl (C=O) groups excluding carboxylic acids is 1. The van der Waals surface area contributed by atoms with E-state index in [2.05, 4.69) is 32.5 Å². The second-order valence-electron chi connectivity index (χ2n) is 6.28. The lowest BCUT2D eigenvalue weighted by Gasteiger charge is -2.28. The van der Waals surface area contributed by atoms with Crippen molar-refractivity contribution in [3.8, 4) is 0 Å². The van der Waals surface area contributed by atoms with Crippen LogP contribution in [0.4, 0.5) is 5.69 Å². The van der Waals surface area contributed by atoms with Crippen LogP contribution in [0.3, 0.4) is 0 Å². The lowest BCUT2D eigenvalue weighted by Crippen LogP contribution is -2.36. The molecule has 0 atom stereocenters. The third kappa shape index (κ3) is 4.12. The van der Waals surface area contributed by atoms with E-state index in [1.807, 2.05) is 42.5 Å². The highest BCUT2D eigenvalue weighted by molar-refractivity contribution is 5.95. The molecular weight excluding hydrogens is 340 g/mol. The number of hydrogen-bond acceptors (Lipinski definition) is 5. The number of pyridine rings is 1. The van der Waals surface area contributed by atoms with Crippen molar-refractivity contribution in [3.63, 3.8) is 0 Å². The number of para-hydroxylation sites is 1. The largest absolute Gasteiger partial charge is 0.378 e. The molecule has 1 aromatic heterocycles. The van der Waals surface area contributed by atoms with Crippen LogP contribution in [0.5, 0.6) is 0 Å². The van der Waals surface area contributed by atoms with E-state index in [4.69, 9.17) is 4.74 Å². The molecule has 4 rings (SSSR count). The number of nitrogens with zero attached hydrogens (tertiary/aromatic N) is 3. The highest BCUT2D eigenvalue weighted by Crippen LogP contribution is 2.16. The summed E-state index contributed by atoms with van der Waals surface area (Å²) in [4.78, 5) is 18.9. The summed E-state index contributed by atoms with van der Waals surface area (Å²) in [5.41, 5.74) is 5.74. The molecule has 27 heavy (non-hydrogen) atoms. The number of anilines is 1. The van der Waals surface area contributed by atoms with E-state index >= 15 is 0 Å². The van der Waals surface area contributed by atoms with Crippen molar-refractivity contribution >= 4 is 28.7 Å². The fraction of sp³-hybridized carbons (Fsp3) is 0.190. The fourth-order valence-corrected chi connectivity index (χ4v) is 3.01. The maximum atomic E-state index is 12.2. The molecule has 0 saturated carbocycles. The number of hydrazone groups is 1. The number of carbonyl (C=O) groups is 1. The molecule has 1 aliphatic rings. The zero-order valence-corrected chi connectivity index (χ0v) is 14.8. The van der Waals surface area contributed by atoms with Crippen molar-refractivity contribution < 1.29 is 9.53 Å². The molecule has 6 heteroatoms. The number of fused-ring (bicyclic) bond motifs is 1. The molecule has 1 aliphatic heterocycles. The van der Waals surface area contributed by atoms with Crippen LogP contribution in [0.25, 0.3) is 10.9 Å². The van der Waals surface area contributed by atoms with Crippen molar-refractivity contribution in [1.82, 2.24) is 10.4 Å². The van der Waals surface area contributed by atoms with Gasteiger partial charge in [-0.2, -0.15) is 5.10 Å². The zero-order chi connectivity index (χ0) is 18.5. The fourth-order valence-electron chi connectivity index (χ4n) is 3.01. The molecule has 1 N–H and O–H groups in total. The van der Waals surface area contributed by atoms with E-state index in [1.54, 1.807) is 12.3 Å². The molecule has 3 aromatic rings. The number of aromatic nitrogens is 1. The smallest absolute Gasteiger partial charge is 0.289 e. The summed E-state index contributed by atoms with van der Waals surface area (Å²) in [6.45, 7) is 3.33. The van der Waals surface area contributed by atoms with E-state index in [0.717, 1.165) is 42.8 Å². The summed E-state index contributed by atoms with van der Waals surface area (Å²) in [6.07, 6.45) is 1.63. The Morgan fingerprint density at radius 2 is 1.81 bits per heavy atom.